The highest BCUT2D eigenvalue weighted by Gasteiger charge is 2.48. The monoisotopic (exact) mass is 583 g/mol. The van der Waals surface area contributed by atoms with E-state index in [0.29, 0.717) is 35.6 Å². The summed E-state index contributed by atoms with van der Waals surface area (Å²) in [5.41, 5.74) is 4.25. The lowest BCUT2D eigenvalue weighted by atomic mass is 10.1. The molecule has 1 aliphatic carbocycles. The van der Waals surface area contributed by atoms with Crippen molar-refractivity contribution in [2.24, 2.45) is 0 Å². The van der Waals surface area contributed by atoms with Gasteiger partial charge >= 0.3 is 6.09 Å². The van der Waals surface area contributed by atoms with Crippen LogP contribution >= 0.6 is 0 Å². The van der Waals surface area contributed by atoms with Gasteiger partial charge < -0.3 is 9.47 Å². The van der Waals surface area contributed by atoms with Crippen LogP contribution in [0.4, 0.5) is 15.0 Å². The van der Waals surface area contributed by atoms with Crippen molar-refractivity contribution < 1.29 is 18.7 Å². The number of carbonyl (C=O) groups is 1. The number of fused-ring (bicyclic) bond motifs is 4. The van der Waals surface area contributed by atoms with Gasteiger partial charge in [-0.05, 0) is 40.9 Å². The molecule has 2 atom stereocenters. The van der Waals surface area contributed by atoms with Crippen LogP contribution in [0.5, 0.6) is 0 Å². The van der Waals surface area contributed by atoms with E-state index in [1.165, 1.54) is 11.6 Å². The average molecular weight is 584 g/mol. The lowest BCUT2D eigenvalue weighted by Crippen LogP contribution is -2.28. The summed E-state index contributed by atoms with van der Waals surface area (Å²) in [5, 5.41) is 8.80. The van der Waals surface area contributed by atoms with E-state index >= 15 is 4.39 Å². The molecule has 3 aromatic heterocycles. The van der Waals surface area contributed by atoms with Crippen molar-refractivity contribution in [2.45, 2.75) is 51.0 Å². The number of hydrogen-bond donors (Lipinski definition) is 0. The molecule has 12 heteroatoms. The normalized spacial score (nSPS) is 18.0. The van der Waals surface area contributed by atoms with Crippen LogP contribution in [0.25, 0.3) is 28.2 Å². The Kier molecular flexibility index (Phi) is 6.39. The van der Waals surface area contributed by atoms with Crippen LogP contribution < -0.4 is 4.90 Å². The minimum Gasteiger partial charge on any atom is -0.443 e. The Hall–Kier alpha value is -4.42. The quantitative estimate of drug-likeness (QED) is 0.170. The second-order valence-corrected chi connectivity index (χ2v) is 17.5. The zero-order valence-electron chi connectivity index (χ0n) is 23.6. The van der Waals surface area contributed by atoms with Gasteiger partial charge in [-0.2, -0.15) is 5.10 Å². The predicted molar refractivity (Wildman–Crippen MR) is 157 cm³/mol. The van der Waals surface area contributed by atoms with Crippen LogP contribution in [-0.4, -0.2) is 56.2 Å². The molecule has 214 valence electrons. The van der Waals surface area contributed by atoms with E-state index in [1.807, 2.05) is 18.2 Å². The molecule has 0 bridgehead atoms. The van der Waals surface area contributed by atoms with Crippen LogP contribution in [0.15, 0.2) is 67.3 Å². The highest BCUT2D eigenvalue weighted by Crippen LogP contribution is 2.44. The van der Waals surface area contributed by atoms with Crippen molar-refractivity contribution in [2.75, 3.05) is 11.5 Å². The van der Waals surface area contributed by atoms with E-state index in [4.69, 9.17) is 14.5 Å². The first-order chi connectivity index (χ1) is 20.2. The molecule has 4 heterocycles. The SMILES string of the molecule is C[Si](C)(C)CCOCn1cnc(-c2ccc(-c3cnn4ccc(N5C(=O)O[C@@H]6Cc7ccccc7[C@@H]65)nc34)cc2F)n1. The van der Waals surface area contributed by atoms with Crippen LogP contribution in [-0.2, 0) is 22.6 Å². The number of amides is 1. The van der Waals surface area contributed by atoms with E-state index in [0.717, 1.165) is 11.6 Å². The van der Waals surface area contributed by atoms with E-state index in [1.54, 1.807) is 51.0 Å². The summed E-state index contributed by atoms with van der Waals surface area (Å²) in [6, 6.07) is 15.5. The first-order valence-electron chi connectivity index (χ1n) is 13.9. The second-order valence-electron chi connectivity index (χ2n) is 11.9. The molecule has 1 aliphatic heterocycles. The van der Waals surface area contributed by atoms with E-state index < -0.39 is 20.0 Å². The number of rotatable bonds is 8. The average Bonchev–Trinajstić information content (AvgIpc) is 3.73. The molecule has 0 spiro atoms. The third kappa shape index (κ3) is 4.76. The largest absolute Gasteiger partial charge is 0.443 e. The molecule has 1 fully saturated rings. The molecule has 7 rings (SSSR count). The molecule has 0 radical (unpaired) electrons. The van der Waals surface area contributed by atoms with Crippen molar-refractivity contribution in [3.05, 3.63) is 84.2 Å². The molecule has 2 aromatic carbocycles. The van der Waals surface area contributed by atoms with Crippen LogP contribution in [0.2, 0.25) is 25.7 Å². The zero-order chi connectivity index (χ0) is 29.0. The number of hydrogen-bond acceptors (Lipinski definition) is 7. The highest BCUT2D eigenvalue weighted by atomic mass is 28.3. The maximum Gasteiger partial charge on any atom is 0.416 e. The van der Waals surface area contributed by atoms with Crippen LogP contribution in [0, 0.1) is 5.82 Å². The molecule has 1 amide bonds. The minimum atomic E-state index is -1.18. The van der Waals surface area contributed by atoms with E-state index in [-0.39, 0.29) is 30.3 Å². The molecule has 2 aliphatic rings. The Morgan fingerprint density at radius 1 is 1.12 bits per heavy atom. The first-order valence-corrected chi connectivity index (χ1v) is 17.7. The summed E-state index contributed by atoms with van der Waals surface area (Å²) >= 11 is 0. The number of ether oxygens (including phenoxy) is 2. The maximum atomic E-state index is 15.4. The first kappa shape index (κ1) is 26.5. The van der Waals surface area contributed by atoms with Crippen molar-refractivity contribution >= 4 is 25.6 Å². The molecule has 1 saturated heterocycles. The van der Waals surface area contributed by atoms with E-state index in [2.05, 4.69) is 40.9 Å². The summed E-state index contributed by atoms with van der Waals surface area (Å²) in [6.07, 6.45) is 4.92. The topological polar surface area (TPSA) is 99.7 Å². The van der Waals surface area contributed by atoms with Gasteiger partial charge in [-0.1, -0.05) is 50.0 Å². The molecular formula is C30H30FN7O3Si. The molecular weight excluding hydrogens is 553 g/mol. The molecule has 0 unspecified atom stereocenters. The summed E-state index contributed by atoms with van der Waals surface area (Å²) < 4.78 is 30.0. The fraction of sp³-hybridized carbons (Fsp3) is 0.300. The van der Waals surface area contributed by atoms with Gasteiger partial charge in [0.25, 0.3) is 0 Å². The molecule has 0 N–H and O–H groups in total. The number of carbonyl (C=O) groups excluding carboxylic acids is 1. The third-order valence-corrected chi connectivity index (χ3v) is 9.46. The molecule has 5 aromatic rings. The fourth-order valence-electron chi connectivity index (χ4n) is 5.56. The Balaban J connectivity index is 1.14. The lowest BCUT2D eigenvalue weighted by molar-refractivity contribution is 0.0784. The van der Waals surface area contributed by atoms with Gasteiger partial charge in [0, 0.05) is 32.9 Å². The fourth-order valence-corrected chi connectivity index (χ4v) is 6.32. The predicted octanol–water partition coefficient (Wildman–Crippen LogP) is 5.73. The number of aromatic nitrogens is 6. The minimum absolute atomic E-state index is 0.246. The summed E-state index contributed by atoms with van der Waals surface area (Å²) in [5.74, 6) is 0.276. The summed E-state index contributed by atoms with van der Waals surface area (Å²) in [4.78, 5) is 23.6. The standard InChI is InChI=1S/C30H30FN7O3Si/c1-42(2,3)13-12-40-18-36-17-32-28(35-36)22-9-8-20(14-24(22)31)23-16-33-37-11-10-26(34-29(23)37)38-27-21-7-5-4-6-19(21)15-25(27)41-30(38)39/h4-11,14,16-17,25,27H,12-13,15,18H2,1-3H3/t25-,27+/m1/s1. The van der Waals surface area contributed by atoms with Gasteiger partial charge in [-0.25, -0.2) is 28.4 Å². The van der Waals surface area contributed by atoms with Crippen LogP contribution in [0.3, 0.4) is 0 Å². The van der Waals surface area contributed by atoms with Gasteiger partial charge in [-0.15, -0.1) is 5.10 Å². The summed E-state index contributed by atoms with van der Waals surface area (Å²) in [7, 11) is -1.18. The van der Waals surface area contributed by atoms with Gasteiger partial charge in [-0.3, -0.25) is 4.90 Å². The van der Waals surface area contributed by atoms with Gasteiger partial charge in [0.2, 0.25) is 0 Å². The number of benzene rings is 2. The Morgan fingerprint density at radius 3 is 2.81 bits per heavy atom. The smallest absolute Gasteiger partial charge is 0.416 e. The van der Waals surface area contributed by atoms with Crippen molar-refractivity contribution in [1.82, 2.24) is 29.4 Å². The third-order valence-electron chi connectivity index (χ3n) is 7.75. The van der Waals surface area contributed by atoms with Crippen molar-refractivity contribution in [3.63, 3.8) is 0 Å². The number of anilines is 1. The number of halogens is 1. The van der Waals surface area contributed by atoms with Gasteiger partial charge in [0.05, 0.1) is 11.8 Å². The Bertz CT molecular complexity index is 1810. The van der Waals surface area contributed by atoms with Crippen molar-refractivity contribution in [3.8, 4) is 22.5 Å². The van der Waals surface area contributed by atoms with Crippen LogP contribution in [0.1, 0.15) is 17.2 Å². The zero-order valence-corrected chi connectivity index (χ0v) is 24.6. The summed E-state index contributed by atoms with van der Waals surface area (Å²) in [6.45, 7) is 7.82. The maximum absolute atomic E-state index is 15.4. The van der Waals surface area contributed by atoms with Gasteiger partial charge in [0.1, 0.15) is 36.8 Å². The lowest BCUT2D eigenvalue weighted by Gasteiger charge is -2.20. The molecule has 10 nitrogen and oxygen atoms in total. The van der Waals surface area contributed by atoms with Crippen molar-refractivity contribution in [1.29, 1.82) is 0 Å². The number of nitrogens with zero attached hydrogens (tertiary/aromatic N) is 7. The van der Waals surface area contributed by atoms with Gasteiger partial charge in [0.15, 0.2) is 11.5 Å². The molecule has 0 saturated carbocycles. The molecule has 42 heavy (non-hydrogen) atoms. The Morgan fingerprint density at radius 2 is 1.98 bits per heavy atom. The highest BCUT2D eigenvalue weighted by molar-refractivity contribution is 6.76. The second kappa shape index (κ2) is 10.1. The van der Waals surface area contributed by atoms with E-state index in [9.17, 15) is 4.79 Å². The Labute approximate surface area is 242 Å².